The molecule has 19 heavy (non-hydrogen) atoms. The number of rotatable bonds is 10. The summed E-state index contributed by atoms with van der Waals surface area (Å²) in [5, 5.41) is 4.64. The van der Waals surface area contributed by atoms with Crippen LogP contribution in [0.4, 0.5) is 0 Å². The van der Waals surface area contributed by atoms with Crippen LogP contribution in [0.1, 0.15) is 68.6 Å². The van der Waals surface area contributed by atoms with Crippen LogP contribution < -0.4 is 5.32 Å². The topological polar surface area (TPSA) is 34.1 Å². The third-order valence-corrected chi connectivity index (χ3v) is 4.20. The molecule has 1 heterocycles. The Morgan fingerprint density at radius 2 is 2.00 bits per heavy atom. The Bertz CT molecular complexity index is 352. The van der Waals surface area contributed by atoms with E-state index in [9.17, 15) is 0 Å². The third-order valence-electron chi connectivity index (χ3n) is 3.01. The van der Waals surface area contributed by atoms with Crippen LogP contribution in [-0.2, 0) is 17.7 Å². The molecule has 0 aromatic carbocycles. The van der Waals surface area contributed by atoms with E-state index >= 15 is 0 Å². The van der Waals surface area contributed by atoms with Gasteiger partial charge in [0.2, 0.25) is 0 Å². The zero-order valence-corrected chi connectivity index (χ0v) is 13.6. The predicted octanol–water partition coefficient (Wildman–Crippen LogP) is 4.08. The number of nitrogens with zero attached hydrogens (tertiary/aromatic N) is 1. The molecule has 0 fully saturated rings. The summed E-state index contributed by atoms with van der Waals surface area (Å²) < 4.78 is 5.78. The molecule has 1 rings (SSSR count). The summed E-state index contributed by atoms with van der Waals surface area (Å²) in [5.41, 5.74) is 1.27. The highest BCUT2D eigenvalue weighted by molar-refractivity contribution is 7.11. The first kappa shape index (κ1) is 16.6. The molecule has 0 saturated heterocycles. The Kier molecular flexibility index (Phi) is 8.26. The van der Waals surface area contributed by atoms with Gasteiger partial charge in [-0.15, -0.1) is 11.3 Å². The number of ether oxygens (including phenoxy) is 1. The molecule has 0 aliphatic rings. The highest BCUT2D eigenvalue weighted by Crippen LogP contribution is 2.29. The lowest BCUT2D eigenvalue weighted by atomic mass is 10.2. The molecule has 1 N–H and O–H groups in total. The van der Waals surface area contributed by atoms with Gasteiger partial charge in [0, 0.05) is 18.0 Å². The quantitative estimate of drug-likeness (QED) is 0.657. The van der Waals surface area contributed by atoms with Gasteiger partial charge in [0.05, 0.1) is 5.69 Å². The molecule has 1 unspecified atom stereocenters. The first-order valence-corrected chi connectivity index (χ1v) is 8.39. The van der Waals surface area contributed by atoms with Gasteiger partial charge in [-0.1, -0.05) is 27.2 Å². The Labute approximate surface area is 121 Å². The lowest BCUT2D eigenvalue weighted by molar-refractivity contribution is 0.0595. The molecule has 110 valence electrons. The van der Waals surface area contributed by atoms with Gasteiger partial charge in [-0.05, 0) is 32.7 Å². The number of aryl methyl sites for hydroxylation is 1. The van der Waals surface area contributed by atoms with E-state index in [2.05, 4.69) is 26.1 Å². The fraction of sp³-hybridized carbons (Fsp3) is 0.800. The van der Waals surface area contributed by atoms with Crippen LogP contribution in [0.5, 0.6) is 0 Å². The van der Waals surface area contributed by atoms with E-state index in [0.29, 0.717) is 0 Å². The van der Waals surface area contributed by atoms with Gasteiger partial charge in [-0.3, -0.25) is 0 Å². The van der Waals surface area contributed by atoms with Gasteiger partial charge in [0.1, 0.15) is 11.1 Å². The molecule has 0 spiro atoms. The van der Waals surface area contributed by atoms with Crippen LogP contribution in [0.2, 0.25) is 0 Å². The van der Waals surface area contributed by atoms with E-state index in [0.717, 1.165) is 44.0 Å². The van der Waals surface area contributed by atoms with Crippen molar-refractivity contribution in [2.75, 3.05) is 13.2 Å². The Morgan fingerprint density at radius 3 is 2.58 bits per heavy atom. The molecule has 0 aliphatic heterocycles. The second-order valence-corrected chi connectivity index (χ2v) is 5.82. The van der Waals surface area contributed by atoms with E-state index in [1.54, 1.807) is 0 Å². The summed E-state index contributed by atoms with van der Waals surface area (Å²) in [4.78, 5) is 6.21. The molecule has 0 radical (unpaired) electrons. The smallest absolute Gasteiger partial charge is 0.122 e. The predicted molar refractivity (Wildman–Crippen MR) is 82.8 cm³/mol. The highest BCUT2D eigenvalue weighted by Gasteiger charge is 2.17. The van der Waals surface area contributed by atoms with E-state index in [1.807, 2.05) is 18.3 Å². The normalized spacial score (nSPS) is 12.8. The molecular formula is C15H28N2OS. The van der Waals surface area contributed by atoms with Gasteiger partial charge in [0.25, 0.3) is 0 Å². The molecule has 4 heteroatoms. The number of aromatic nitrogens is 1. The SMILES string of the molecule is CCCNCc1sc(C(CC)OCC)nc1CCC. The number of hydrogen-bond donors (Lipinski definition) is 1. The van der Waals surface area contributed by atoms with Crippen molar-refractivity contribution in [3.63, 3.8) is 0 Å². The van der Waals surface area contributed by atoms with Crippen LogP contribution in [0, 0.1) is 0 Å². The Balaban J connectivity index is 2.79. The minimum atomic E-state index is 0.172. The first-order valence-electron chi connectivity index (χ1n) is 7.57. The van der Waals surface area contributed by atoms with Crippen molar-refractivity contribution in [2.24, 2.45) is 0 Å². The minimum Gasteiger partial charge on any atom is -0.371 e. The largest absolute Gasteiger partial charge is 0.371 e. The summed E-state index contributed by atoms with van der Waals surface area (Å²) in [6.07, 6.45) is 4.56. The molecule has 3 nitrogen and oxygen atoms in total. The summed E-state index contributed by atoms with van der Waals surface area (Å²) in [5.74, 6) is 0. The van der Waals surface area contributed by atoms with E-state index in [1.165, 1.54) is 17.0 Å². The van der Waals surface area contributed by atoms with Crippen LogP contribution in [0.15, 0.2) is 0 Å². The molecular weight excluding hydrogens is 256 g/mol. The van der Waals surface area contributed by atoms with Crippen LogP contribution in [0.25, 0.3) is 0 Å². The Hall–Kier alpha value is -0.450. The summed E-state index contributed by atoms with van der Waals surface area (Å²) >= 11 is 1.82. The lowest BCUT2D eigenvalue weighted by Crippen LogP contribution is -2.13. The van der Waals surface area contributed by atoms with Gasteiger partial charge in [0.15, 0.2) is 0 Å². The number of thiazole rings is 1. The molecule has 0 saturated carbocycles. The highest BCUT2D eigenvalue weighted by atomic mass is 32.1. The van der Waals surface area contributed by atoms with Crippen molar-refractivity contribution in [1.29, 1.82) is 0 Å². The van der Waals surface area contributed by atoms with E-state index in [4.69, 9.17) is 9.72 Å². The van der Waals surface area contributed by atoms with Crippen LogP contribution >= 0.6 is 11.3 Å². The second-order valence-electron chi connectivity index (χ2n) is 4.70. The summed E-state index contributed by atoms with van der Waals surface area (Å²) in [6, 6.07) is 0. The maximum absolute atomic E-state index is 5.78. The maximum Gasteiger partial charge on any atom is 0.122 e. The van der Waals surface area contributed by atoms with Crippen LogP contribution in [0.3, 0.4) is 0 Å². The fourth-order valence-corrected chi connectivity index (χ4v) is 3.27. The van der Waals surface area contributed by atoms with Crippen molar-refractivity contribution >= 4 is 11.3 Å². The number of nitrogens with one attached hydrogen (secondary N) is 1. The second kappa shape index (κ2) is 9.45. The zero-order valence-electron chi connectivity index (χ0n) is 12.8. The Morgan fingerprint density at radius 1 is 1.21 bits per heavy atom. The molecule has 0 aliphatic carbocycles. The van der Waals surface area contributed by atoms with Gasteiger partial charge >= 0.3 is 0 Å². The molecule has 1 atom stereocenters. The monoisotopic (exact) mass is 284 g/mol. The molecule has 1 aromatic rings. The average molecular weight is 284 g/mol. The summed E-state index contributed by atoms with van der Waals surface area (Å²) in [7, 11) is 0. The third kappa shape index (κ3) is 5.21. The lowest BCUT2D eigenvalue weighted by Gasteiger charge is -2.11. The van der Waals surface area contributed by atoms with Gasteiger partial charge in [-0.25, -0.2) is 4.98 Å². The van der Waals surface area contributed by atoms with Crippen molar-refractivity contribution in [3.05, 3.63) is 15.6 Å². The van der Waals surface area contributed by atoms with Gasteiger partial charge in [-0.2, -0.15) is 0 Å². The standard InChI is InChI=1S/C15H28N2OS/c1-5-9-12-14(11-16-10-6-2)19-15(17-12)13(7-3)18-8-4/h13,16H,5-11H2,1-4H3. The zero-order chi connectivity index (χ0) is 14.1. The first-order chi connectivity index (χ1) is 9.26. The average Bonchev–Trinajstić information content (AvgIpc) is 2.80. The van der Waals surface area contributed by atoms with Crippen LogP contribution in [-0.4, -0.2) is 18.1 Å². The maximum atomic E-state index is 5.78. The van der Waals surface area contributed by atoms with Crippen molar-refractivity contribution < 1.29 is 4.74 Å². The molecule has 0 bridgehead atoms. The van der Waals surface area contributed by atoms with E-state index in [-0.39, 0.29) is 6.10 Å². The summed E-state index contributed by atoms with van der Waals surface area (Å²) in [6.45, 7) is 11.4. The van der Waals surface area contributed by atoms with Gasteiger partial charge < -0.3 is 10.1 Å². The minimum absolute atomic E-state index is 0.172. The molecule has 0 amide bonds. The molecule has 1 aromatic heterocycles. The van der Waals surface area contributed by atoms with Crippen molar-refractivity contribution in [1.82, 2.24) is 10.3 Å². The fourth-order valence-electron chi connectivity index (χ4n) is 2.05. The van der Waals surface area contributed by atoms with Crippen molar-refractivity contribution in [3.8, 4) is 0 Å². The van der Waals surface area contributed by atoms with Crippen molar-refractivity contribution in [2.45, 2.75) is 66.0 Å². The number of hydrogen-bond acceptors (Lipinski definition) is 4. The van der Waals surface area contributed by atoms with E-state index < -0.39 is 0 Å².